The van der Waals surface area contributed by atoms with Crippen molar-refractivity contribution < 1.29 is 0 Å². The standard InChI is InChI=1S/C15H17N5O/c1-19-14(21)7-10-8-20(6-5-12(10)18-19)15-11-3-2-4-13(11)16-9-17-15/h7,9H,2-6,8H2,1H3. The Hall–Kier alpha value is -2.24. The molecule has 0 bridgehead atoms. The molecule has 0 fully saturated rings. The van der Waals surface area contributed by atoms with E-state index in [0.717, 1.165) is 49.3 Å². The van der Waals surface area contributed by atoms with E-state index in [1.165, 1.54) is 15.9 Å². The van der Waals surface area contributed by atoms with Gasteiger partial charge in [0.05, 0.1) is 5.69 Å². The van der Waals surface area contributed by atoms with Crippen LogP contribution in [0.25, 0.3) is 0 Å². The van der Waals surface area contributed by atoms with Gasteiger partial charge in [-0.25, -0.2) is 14.6 Å². The van der Waals surface area contributed by atoms with Gasteiger partial charge in [-0.1, -0.05) is 0 Å². The lowest BCUT2D eigenvalue weighted by Crippen LogP contribution is -2.35. The molecule has 0 aromatic carbocycles. The molecule has 6 heteroatoms. The molecule has 1 aliphatic heterocycles. The molecule has 2 aromatic rings. The number of rotatable bonds is 1. The lowest BCUT2D eigenvalue weighted by atomic mass is 10.1. The van der Waals surface area contributed by atoms with E-state index in [4.69, 9.17) is 0 Å². The summed E-state index contributed by atoms with van der Waals surface area (Å²) in [5, 5.41) is 4.36. The zero-order valence-electron chi connectivity index (χ0n) is 12.0. The van der Waals surface area contributed by atoms with Gasteiger partial charge in [-0.05, 0) is 19.3 Å². The molecule has 2 aliphatic rings. The average Bonchev–Trinajstić information content (AvgIpc) is 2.96. The van der Waals surface area contributed by atoms with Crippen molar-refractivity contribution >= 4 is 5.82 Å². The molecule has 1 aliphatic carbocycles. The van der Waals surface area contributed by atoms with Crippen molar-refractivity contribution in [2.75, 3.05) is 11.4 Å². The zero-order valence-corrected chi connectivity index (χ0v) is 12.0. The van der Waals surface area contributed by atoms with E-state index in [2.05, 4.69) is 20.0 Å². The van der Waals surface area contributed by atoms with E-state index in [1.54, 1.807) is 19.4 Å². The zero-order chi connectivity index (χ0) is 14.4. The van der Waals surface area contributed by atoms with Crippen LogP contribution in [0.3, 0.4) is 0 Å². The van der Waals surface area contributed by atoms with Crippen LogP contribution in [0.15, 0.2) is 17.2 Å². The van der Waals surface area contributed by atoms with Gasteiger partial charge in [-0.3, -0.25) is 4.79 Å². The maximum absolute atomic E-state index is 11.8. The Bertz CT molecular complexity index is 767. The normalized spacial score (nSPS) is 16.7. The van der Waals surface area contributed by atoms with Gasteiger partial charge >= 0.3 is 0 Å². The number of fused-ring (bicyclic) bond motifs is 2. The van der Waals surface area contributed by atoms with Crippen molar-refractivity contribution in [3.63, 3.8) is 0 Å². The van der Waals surface area contributed by atoms with E-state index in [9.17, 15) is 4.79 Å². The molecule has 0 atom stereocenters. The smallest absolute Gasteiger partial charge is 0.266 e. The van der Waals surface area contributed by atoms with Crippen LogP contribution in [0.4, 0.5) is 5.82 Å². The van der Waals surface area contributed by atoms with Gasteiger partial charge < -0.3 is 4.90 Å². The number of hydrogen-bond donors (Lipinski definition) is 0. The third-order valence-electron chi connectivity index (χ3n) is 4.39. The molecular formula is C15H17N5O. The predicted octanol–water partition coefficient (Wildman–Crippen LogP) is 0.622. The van der Waals surface area contributed by atoms with Crippen molar-refractivity contribution in [1.29, 1.82) is 0 Å². The topological polar surface area (TPSA) is 63.9 Å². The molecule has 3 heterocycles. The molecule has 0 spiro atoms. The fourth-order valence-electron chi connectivity index (χ4n) is 3.29. The molecule has 21 heavy (non-hydrogen) atoms. The molecule has 0 N–H and O–H groups in total. The quantitative estimate of drug-likeness (QED) is 0.768. The highest BCUT2D eigenvalue weighted by atomic mass is 16.1. The molecule has 108 valence electrons. The summed E-state index contributed by atoms with van der Waals surface area (Å²) >= 11 is 0. The predicted molar refractivity (Wildman–Crippen MR) is 78.3 cm³/mol. The number of hydrogen-bond acceptors (Lipinski definition) is 5. The van der Waals surface area contributed by atoms with Gasteiger partial charge in [0, 0.05) is 49.4 Å². The summed E-state index contributed by atoms with van der Waals surface area (Å²) in [5.41, 5.74) is 4.47. The highest BCUT2D eigenvalue weighted by molar-refractivity contribution is 5.52. The third kappa shape index (κ3) is 2.02. The van der Waals surface area contributed by atoms with Gasteiger partial charge in [0.2, 0.25) is 0 Å². The van der Waals surface area contributed by atoms with Crippen molar-refractivity contribution in [3.8, 4) is 0 Å². The number of anilines is 1. The minimum atomic E-state index is -0.0523. The summed E-state index contributed by atoms with van der Waals surface area (Å²) in [6, 6.07) is 1.70. The van der Waals surface area contributed by atoms with Crippen LogP contribution in [0, 0.1) is 0 Å². The lowest BCUT2D eigenvalue weighted by molar-refractivity contribution is 0.620. The summed E-state index contributed by atoms with van der Waals surface area (Å²) in [4.78, 5) is 22.9. The van der Waals surface area contributed by atoms with Gasteiger partial charge in [0.15, 0.2) is 0 Å². The van der Waals surface area contributed by atoms with E-state index in [1.807, 2.05) is 0 Å². The first kappa shape index (κ1) is 12.5. The Morgan fingerprint density at radius 2 is 2.05 bits per heavy atom. The number of nitrogens with zero attached hydrogens (tertiary/aromatic N) is 5. The van der Waals surface area contributed by atoms with Crippen LogP contribution in [0.2, 0.25) is 0 Å². The van der Waals surface area contributed by atoms with Gasteiger partial charge in [0.1, 0.15) is 12.1 Å². The molecule has 0 unspecified atom stereocenters. The van der Waals surface area contributed by atoms with Gasteiger partial charge in [0.25, 0.3) is 5.56 Å². The largest absolute Gasteiger partial charge is 0.351 e. The first-order valence-electron chi connectivity index (χ1n) is 7.36. The Morgan fingerprint density at radius 1 is 1.14 bits per heavy atom. The Labute approximate surface area is 122 Å². The van der Waals surface area contributed by atoms with Crippen LogP contribution >= 0.6 is 0 Å². The summed E-state index contributed by atoms with van der Waals surface area (Å²) in [5.74, 6) is 1.05. The molecule has 0 radical (unpaired) electrons. The van der Waals surface area contributed by atoms with Crippen molar-refractivity contribution in [1.82, 2.24) is 19.7 Å². The van der Waals surface area contributed by atoms with Crippen LogP contribution in [-0.4, -0.2) is 26.3 Å². The fraction of sp³-hybridized carbons (Fsp3) is 0.467. The first-order chi connectivity index (χ1) is 10.2. The van der Waals surface area contributed by atoms with E-state index in [-0.39, 0.29) is 5.56 Å². The fourth-order valence-corrected chi connectivity index (χ4v) is 3.29. The minimum absolute atomic E-state index is 0.0523. The molecule has 0 amide bonds. The second-order valence-electron chi connectivity index (χ2n) is 5.73. The maximum atomic E-state index is 11.8. The van der Waals surface area contributed by atoms with Crippen LogP contribution < -0.4 is 10.5 Å². The van der Waals surface area contributed by atoms with E-state index >= 15 is 0 Å². The van der Waals surface area contributed by atoms with Crippen LogP contribution in [0.1, 0.15) is 28.9 Å². The van der Waals surface area contributed by atoms with Crippen LogP contribution in [0.5, 0.6) is 0 Å². The van der Waals surface area contributed by atoms with Crippen molar-refractivity contribution in [2.45, 2.75) is 32.2 Å². The van der Waals surface area contributed by atoms with E-state index < -0.39 is 0 Å². The first-order valence-corrected chi connectivity index (χ1v) is 7.36. The molecule has 0 saturated carbocycles. The highest BCUT2D eigenvalue weighted by Crippen LogP contribution is 2.30. The maximum Gasteiger partial charge on any atom is 0.266 e. The summed E-state index contributed by atoms with van der Waals surface area (Å²) < 4.78 is 1.41. The second-order valence-corrected chi connectivity index (χ2v) is 5.73. The second kappa shape index (κ2) is 4.65. The Kier molecular flexibility index (Phi) is 2.77. The Morgan fingerprint density at radius 3 is 2.95 bits per heavy atom. The molecule has 2 aromatic heterocycles. The summed E-state index contributed by atoms with van der Waals surface area (Å²) in [6.45, 7) is 1.60. The minimum Gasteiger partial charge on any atom is -0.351 e. The molecular weight excluding hydrogens is 266 g/mol. The summed E-state index contributed by atoms with van der Waals surface area (Å²) in [7, 11) is 1.70. The van der Waals surface area contributed by atoms with Crippen molar-refractivity contribution in [2.24, 2.45) is 7.05 Å². The number of aryl methyl sites for hydroxylation is 2. The monoisotopic (exact) mass is 283 g/mol. The van der Waals surface area contributed by atoms with Gasteiger partial charge in [-0.2, -0.15) is 5.10 Å². The van der Waals surface area contributed by atoms with Crippen molar-refractivity contribution in [3.05, 3.63) is 45.3 Å². The molecule has 4 rings (SSSR count). The van der Waals surface area contributed by atoms with Crippen LogP contribution in [-0.2, 0) is 32.9 Å². The number of aromatic nitrogens is 4. The average molecular weight is 283 g/mol. The Balaban J connectivity index is 1.72. The third-order valence-corrected chi connectivity index (χ3v) is 4.39. The SMILES string of the molecule is Cn1nc2c(cc1=O)CN(c1ncnc3c1CCC3)CC2. The van der Waals surface area contributed by atoms with E-state index in [0.29, 0.717) is 6.54 Å². The molecule has 0 saturated heterocycles. The molecule has 6 nitrogen and oxygen atoms in total. The lowest BCUT2D eigenvalue weighted by Gasteiger charge is -2.30. The van der Waals surface area contributed by atoms with Gasteiger partial charge in [-0.15, -0.1) is 0 Å². The summed E-state index contributed by atoms with van der Waals surface area (Å²) in [6.07, 6.45) is 5.79. The highest BCUT2D eigenvalue weighted by Gasteiger charge is 2.25.